The summed E-state index contributed by atoms with van der Waals surface area (Å²) in [7, 11) is 0. The average molecular weight is 439 g/mol. The zero-order valence-electron chi connectivity index (χ0n) is 16.9. The van der Waals surface area contributed by atoms with Crippen molar-refractivity contribution in [2.75, 3.05) is 18.5 Å². The van der Waals surface area contributed by atoms with Gasteiger partial charge in [-0.2, -0.15) is 5.26 Å². The minimum Gasteiger partial charge on any atom is -0.486 e. The van der Waals surface area contributed by atoms with Gasteiger partial charge in [-0.15, -0.1) is 11.3 Å². The fourth-order valence-electron chi connectivity index (χ4n) is 3.56. The van der Waals surface area contributed by atoms with Gasteiger partial charge in [-0.25, -0.2) is 4.98 Å². The second kappa shape index (κ2) is 8.53. The van der Waals surface area contributed by atoms with Crippen LogP contribution in [0.5, 0.6) is 11.5 Å². The van der Waals surface area contributed by atoms with E-state index in [0.717, 1.165) is 22.6 Å². The van der Waals surface area contributed by atoms with Crippen molar-refractivity contribution in [2.45, 2.75) is 0 Å². The van der Waals surface area contributed by atoms with Crippen LogP contribution in [0.2, 0.25) is 0 Å². The molecule has 1 N–H and O–H groups in total. The van der Waals surface area contributed by atoms with Crippen molar-refractivity contribution < 1.29 is 14.3 Å². The van der Waals surface area contributed by atoms with Gasteiger partial charge < -0.3 is 9.47 Å². The van der Waals surface area contributed by atoms with E-state index >= 15 is 0 Å². The van der Waals surface area contributed by atoms with Crippen LogP contribution >= 0.6 is 11.3 Å². The third-order valence-electron chi connectivity index (χ3n) is 5.07. The number of rotatable bonds is 4. The first-order valence-electron chi connectivity index (χ1n) is 9.98. The Labute approximate surface area is 188 Å². The van der Waals surface area contributed by atoms with Crippen LogP contribution in [0.25, 0.3) is 22.4 Å². The smallest absolute Gasteiger partial charge is 0.258 e. The number of fused-ring (bicyclic) bond motifs is 1. The third kappa shape index (κ3) is 3.80. The molecule has 1 aliphatic rings. The maximum atomic E-state index is 13.1. The van der Waals surface area contributed by atoms with Gasteiger partial charge in [-0.3, -0.25) is 10.1 Å². The Morgan fingerprint density at radius 3 is 2.56 bits per heavy atom. The first-order valence-corrected chi connectivity index (χ1v) is 10.9. The summed E-state index contributed by atoms with van der Waals surface area (Å²) in [6.45, 7) is 1.06. The molecule has 32 heavy (non-hydrogen) atoms. The predicted octanol–water partition coefficient (Wildman–Crippen LogP) is 5.37. The summed E-state index contributed by atoms with van der Waals surface area (Å²) >= 11 is 1.35. The molecule has 2 heterocycles. The number of ether oxygens (including phenoxy) is 2. The van der Waals surface area contributed by atoms with Gasteiger partial charge in [0.1, 0.15) is 13.2 Å². The second-order valence-corrected chi connectivity index (χ2v) is 7.91. The van der Waals surface area contributed by atoms with Crippen LogP contribution in [0.15, 0.2) is 72.1 Å². The van der Waals surface area contributed by atoms with E-state index in [1.807, 2.05) is 47.8 Å². The zero-order valence-corrected chi connectivity index (χ0v) is 17.7. The monoisotopic (exact) mass is 439 g/mol. The Morgan fingerprint density at radius 2 is 1.72 bits per heavy atom. The van der Waals surface area contributed by atoms with E-state index < -0.39 is 0 Å². The molecule has 1 amide bonds. The molecule has 0 spiro atoms. The number of carbonyl (C=O) groups is 1. The Bertz CT molecular complexity index is 1360. The molecule has 0 saturated carbocycles. The Hall–Kier alpha value is -4.15. The molecule has 7 heteroatoms. The Morgan fingerprint density at radius 1 is 0.969 bits per heavy atom. The van der Waals surface area contributed by atoms with Gasteiger partial charge >= 0.3 is 0 Å². The standard InChI is InChI=1S/C25H17N3O3S/c26-14-17-5-1-2-6-18(17)19-7-3-4-8-20(19)24(29)28-25-27-21(15-32-25)16-9-10-22-23(13-16)31-12-11-30-22/h1-10,13,15H,11-12H2,(H,27,28,29). The number of amides is 1. The SMILES string of the molecule is N#Cc1ccccc1-c1ccccc1C(=O)Nc1nc(-c2ccc3c(c2)OCCO3)cs1. The van der Waals surface area contributed by atoms with Gasteiger partial charge in [-0.05, 0) is 35.9 Å². The number of nitrogens with zero attached hydrogens (tertiary/aromatic N) is 2. The van der Waals surface area contributed by atoms with Crippen LogP contribution in [0.3, 0.4) is 0 Å². The topological polar surface area (TPSA) is 84.2 Å². The molecule has 0 fully saturated rings. The molecule has 1 aliphatic heterocycles. The molecule has 0 saturated heterocycles. The van der Waals surface area contributed by atoms with Gasteiger partial charge in [0.2, 0.25) is 0 Å². The van der Waals surface area contributed by atoms with Crippen molar-refractivity contribution in [3.8, 4) is 40.0 Å². The van der Waals surface area contributed by atoms with Crippen LogP contribution in [0.1, 0.15) is 15.9 Å². The van der Waals surface area contributed by atoms with Crippen molar-refractivity contribution in [2.24, 2.45) is 0 Å². The fraction of sp³-hybridized carbons (Fsp3) is 0.0800. The van der Waals surface area contributed by atoms with E-state index in [2.05, 4.69) is 16.4 Å². The molecular formula is C25H17N3O3S. The predicted molar refractivity (Wildman–Crippen MR) is 123 cm³/mol. The number of benzene rings is 3. The molecule has 5 rings (SSSR count). The van der Waals surface area contributed by atoms with Crippen molar-refractivity contribution >= 4 is 22.4 Å². The molecule has 0 bridgehead atoms. The number of nitrogens with one attached hydrogen (secondary N) is 1. The molecule has 0 aliphatic carbocycles. The Balaban J connectivity index is 1.41. The lowest BCUT2D eigenvalue weighted by Gasteiger charge is -2.18. The van der Waals surface area contributed by atoms with E-state index in [-0.39, 0.29) is 5.91 Å². The highest BCUT2D eigenvalue weighted by Crippen LogP contribution is 2.35. The molecule has 0 unspecified atom stereocenters. The van der Waals surface area contributed by atoms with Crippen molar-refractivity contribution in [1.29, 1.82) is 5.26 Å². The molecule has 0 radical (unpaired) electrons. The number of hydrogen-bond donors (Lipinski definition) is 1. The lowest BCUT2D eigenvalue weighted by atomic mass is 9.95. The third-order valence-corrected chi connectivity index (χ3v) is 5.83. The first kappa shape index (κ1) is 19.8. The number of hydrogen-bond acceptors (Lipinski definition) is 6. The summed E-state index contributed by atoms with van der Waals surface area (Å²) in [5, 5.41) is 14.7. The van der Waals surface area contributed by atoms with E-state index in [1.165, 1.54) is 11.3 Å². The highest BCUT2D eigenvalue weighted by molar-refractivity contribution is 7.14. The molecule has 3 aromatic carbocycles. The number of thiazole rings is 1. The Kier molecular flexibility index (Phi) is 5.28. The molecule has 156 valence electrons. The van der Waals surface area contributed by atoms with E-state index in [9.17, 15) is 10.1 Å². The highest BCUT2D eigenvalue weighted by atomic mass is 32.1. The van der Waals surface area contributed by atoms with Crippen molar-refractivity contribution in [1.82, 2.24) is 4.98 Å². The first-order chi connectivity index (χ1) is 15.7. The van der Waals surface area contributed by atoms with Crippen LogP contribution in [-0.4, -0.2) is 24.1 Å². The normalized spacial score (nSPS) is 12.1. The molecule has 6 nitrogen and oxygen atoms in total. The van der Waals surface area contributed by atoms with Crippen LogP contribution in [0, 0.1) is 11.3 Å². The highest BCUT2D eigenvalue weighted by Gasteiger charge is 2.17. The number of aromatic nitrogens is 1. The quantitative estimate of drug-likeness (QED) is 0.462. The van der Waals surface area contributed by atoms with Gasteiger partial charge in [0.05, 0.1) is 17.3 Å². The summed E-state index contributed by atoms with van der Waals surface area (Å²) < 4.78 is 11.2. The summed E-state index contributed by atoms with van der Waals surface area (Å²) in [6.07, 6.45) is 0. The second-order valence-electron chi connectivity index (χ2n) is 7.05. The van der Waals surface area contributed by atoms with Gasteiger partial charge in [-0.1, -0.05) is 36.4 Å². The van der Waals surface area contributed by atoms with Crippen LogP contribution < -0.4 is 14.8 Å². The largest absolute Gasteiger partial charge is 0.486 e. The van der Waals surface area contributed by atoms with Gasteiger partial charge in [0.15, 0.2) is 16.6 Å². The fourth-order valence-corrected chi connectivity index (χ4v) is 4.28. The number of nitriles is 1. The lowest BCUT2D eigenvalue weighted by molar-refractivity contribution is 0.102. The molecule has 1 aromatic heterocycles. The maximum Gasteiger partial charge on any atom is 0.258 e. The molecular weight excluding hydrogens is 422 g/mol. The van der Waals surface area contributed by atoms with Crippen LogP contribution in [-0.2, 0) is 0 Å². The molecule has 0 atom stereocenters. The zero-order chi connectivity index (χ0) is 21.9. The summed E-state index contributed by atoms with van der Waals surface area (Å²) in [6, 6.07) is 22.3. The maximum absolute atomic E-state index is 13.1. The van der Waals surface area contributed by atoms with E-state index in [1.54, 1.807) is 24.3 Å². The van der Waals surface area contributed by atoms with Gasteiger partial charge in [0, 0.05) is 22.1 Å². The van der Waals surface area contributed by atoms with Crippen LogP contribution in [0.4, 0.5) is 5.13 Å². The summed E-state index contributed by atoms with van der Waals surface area (Å²) in [4.78, 5) is 17.7. The minimum atomic E-state index is -0.281. The van der Waals surface area contributed by atoms with Gasteiger partial charge in [0.25, 0.3) is 5.91 Å². The summed E-state index contributed by atoms with van der Waals surface area (Å²) in [5.41, 5.74) is 4.04. The lowest BCUT2D eigenvalue weighted by Crippen LogP contribution is -2.15. The van der Waals surface area contributed by atoms with Crippen molar-refractivity contribution in [3.05, 3.63) is 83.2 Å². The van der Waals surface area contributed by atoms with E-state index in [4.69, 9.17) is 9.47 Å². The number of anilines is 1. The molecule has 4 aromatic rings. The van der Waals surface area contributed by atoms with Crippen molar-refractivity contribution in [3.63, 3.8) is 0 Å². The summed E-state index contributed by atoms with van der Waals surface area (Å²) in [5.74, 6) is 1.13. The minimum absolute atomic E-state index is 0.281. The number of carbonyl (C=O) groups excluding carboxylic acids is 1. The average Bonchev–Trinajstić information content (AvgIpc) is 3.32. The van der Waals surface area contributed by atoms with E-state index in [0.29, 0.717) is 40.8 Å².